The highest BCUT2D eigenvalue weighted by Gasteiger charge is 2.19. The molecule has 1 aromatic heterocycles. The van der Waals surface area contributed by atoms with E-state index in [1.165, 1.54) is 0 Å². The molecule has 7 N–H and O–H groups in total. The monoisotopic (exact) mass is 427 g/mol. The molecular weight excluding hydrogens is 398 g/mol. The first-order valence-electron chi connectivity index (χ1n) is 10.2. The van der Waals surface area contributed by atoms with Crippen LogP contribution >= 0.6 is 0 Å². The second-order valence-corrected chi connectivity index (χ2v) is 7.36. The van der Waals surface area contributed by atoms with Crippen LogP contribution in [0.15, 0.2) is 35.3 Å². The molecule has 1 saturated heterocycles. The van der Waals surface area contributed by atoms with E-state index in [1.54, 1.807) is 12.3 Å². The fourth-order valence-electron chi connectivity index (χ4n) is 3.39. The quantitative estimate of drug-likeness (QED) is 0.216. The average molecular weight is 428 g/mol. The van der Waals surface area contributed by atoms with E-state index in [1.807, 2.05) is 30.0 Å². The van der Waals surface area contributed by atoms with Gasteiger partial charge >= 0.3 is 6.03 Å². The van der Waals surface area contributed by atoms with Crippen LogP contribution in [0.4, 0.5) is 22.1 Å². The highest BCUT2D eigenvalue weighted by molar-refractivity contribution is 5.99. The number of carbonyl (C=O) groups is 1. The number of nitrogens with zero attached hydrogens (tertiary/aromatic N) is 3. The van der Waals surface area contributed by atoms with Crippen molar-refractivity contribution in [2.75, 3.05) is 54.8 Å². The van der Waals surface area contributed by atoms with Gasteiger partial charge in [-0.25, -0.2) is 4.79 Å². The highest BCUT2D eigenvalue weighted by Crippen LogP contribution is 2.14. The van der Waals surface area contributed by atoms with Crippen LogP contribution in [0, 0.1) is 12.3 Å². The first-order chi connectivity index (χ1) is 14.9. The van der Waals surface area contributed by atoms with E-state index >= 15 is 0 Å². The lowest BCUT2D eigenvalue weighted by Crippen LogP contribution is -2.48. The van der Waals surface area contributed by atoms with Crippen molar-refractivity contribution in [1.29, 1.82) is 5.41 Å². The number of carbonyl (C=O) groups excluding carboxylic acids is 1. The molecule has 0 atom stereocenters. The van der Waals surface area contributed by atoms with Gasteiger partial charge in [-0.3, -0.25) is 20.4 Å². The Labute approximate surface area is 180 Å². The Bertz CT molecular complexity index is 967. The van der Waals surface area contributed by atoms with Crippen LogP contribution in [0.2, 0.25) is 0 Å². The summed E-state index contributed by atoms with van der Waals surface area (Å²) in [6.45, 7) is 6.56. The van der Waals surface area contributed by atoms with Gasteiger partial charge in [-0.05, 0) is 31.5 Å². The maximum atomic E-state index is 12.5. The molecule has 31 heavy (non-hydrogen) atoms. The minimum absolute atomic E-state index is 0.0119. The summed E-state index contributed by atoms with van der Waals surface area (Å²) in [4.78, 5) is 35.8. The molecule has 2 aromatic rings. The largest absolute Gasteiger partial charge is 0.370 e. The fourth-order valence-corrected chi connectivity index (χ4v) is 3.39. The second kappa shape index (κ2) is 10.4. The molecular formula is C20H29N9O2. The number of hydrogen-bond acceptors (Lipinski definition) is 6. The fraction of sp³-hybridized carbons (Fsp3) is 0.400. The van der Waals surface area contributed by atoms with Crippen molar-refractivity contribution in [3.05, 3.63) is 46.4 Å². The van der Waals surface area contributed by atoms with Gasteiger partial charge in [0.15, 0.2) is 5.96 Å². The summed E-state index contributed by atoms with van der Waals surface area (Å²) in [5.41, 5.74) is 7.00. The summed E-state index contributed by atoms with van der Waals surface area (Å²) in [6.07, 6.45) is 2.48. The number of aryl methyl sites for hydroxylation is 1. The Balaban J connectivity index is 1.49. The van der Waals surface area contributed by atoms with Crippen LogP contribution in [0.25, 0.3) is 0 Å². The van der Waals surface area contributed by atoms with Gasteiger partial charge in [0.1, 0.15) is 5.69 Å². The van der Waals surface area contributed by atoms with Gasteiger partial charge in [0.25, 0.3) is 5.56 Å². The van der Waals surface area contributed by atoms with Crippen molar-refractivity contribution in [1.82, 2.24) is 20.2 Å². The topological polar surface area (TPSA) is 155 Å². The molecule has 3 rings (SSSR count). The standard InChI is InChI=1S/C20H29N9O2/c1-14-5-2-3-6-15(14)25-20(31)27-19-24-13-16(17(30)26-19)29-11-9-28(10-12-29)8-4-7-23-18(21)22/h2-3,5-6,13H,4,7-12H2,1H3,(H4,21,22,23)(H3,24,25,26,27,30,31). The van der Waals surface area contributed by atoms with Crippen molar-refractivity contribution in [2.24, 2.45) is 5.73 Å². The number of benzene rings is 1. The molecule has 0 aliphatic carbocycles. The highest BCUT2D eigenvalue weighted by atomic mass is 16.2. The molecule has 0 saturated carbocycles. The zero-order chi connectivity index (χ0) is 22.2. The number of H-pyrrole nitrogens is 1. The number of para-hydroxylation sites is 1. The molecule has 166 valence electrons. The van der Waals surface area contributed by atoms with Crippen LogP contribution in [-0.2, 0) is 0 Å². The van der Waals surface area contributed by atoms with Crippen LogP contribution < -0.4 is 32.1 Å². The zero-order valence-electron chi connectivity index (χ0n) is 17.6. The van der Waals surface area contributed by atoms with Gasteiger partial charge in [0.05, 0.1) is 0 Å². The molecule has 0 unspecified atom stereocenters. The lowest BCUT2D eigenvalue weighted by Gasteiger charge is -2.35. The van der Waals surface area contributed by atoms with Crippen molar-refractivity contribution >= 4 is 29.3 Å². The summed E-state index contributed by atoms with van der Waals surface area (Å²) in [6, 6.07) is 6.95. The van der Waals surface area contributed by atoms with Gasteiger partial charge in [-0.15, -0.1) is 0 Å². The number of piperazine rings is 1. The van der Waals surface area contributed by atoms with E-state index < -0.39 is 6.03 Å². The number of amides is 2. The number of rotatable bonds is 7. The second-order valence-electron chi connectivity index (χ2n) is 7.36. The average Bonchev–Trinajstić information content (AvgIpc) is 2.73. The number of nitrogens with one attached hydrogen (secondary N) is 5. The molecule has 11 heteroatoms. The summed E-state index contributed by atoms with van der Waals surface area (Å²) in [7, 11) is 0. The number of urea groups is 1. The number of aromatic amines is 1. The minimum atomic E-state index is -0.474. The van der Waals surface area contributed by atoms with E-state index in [0.29, 0.717) is 31.0 Å². The SMILES string of the molecule is Cc1ccccc1NC(=O)Nc1nc(=O)c(N2CCN(CCCNC(=N)N)CC2)c[nH]1. The summed E-state index contributed by atoms with van der Waals surface area (Å²) in [5.74, 6) is 0.0820. The van der Waals surface area contributed by atoms with E-state index in [2.05, 4.69) is 30.8 Å². The van der Waals surface area contributed by atoms with Crippen LogP contribution in [-0.4, -0.2) is 66.1 Å². The Morgan fingerprint density at radius 3 is 2.65 bits per heavy atom. The predicted molar refractivity (Wildman–Crippen MR) is 122 cm³/mol. The molecule has 2 heterocycles. The van der Waals surface area contributed by atoms with Crippen LogP contribution in [0.5, 0.6) is 0 Å². The molecule has 0 spiro atoms. The number of hydrogen-bond donors (Lipinski definition) is 6. The third-order valence-corrected chi connectivity index (χ3v) is 5.08. The first-order valence-corrected chi connectivity index (χ1v) is 10.2. The van der Waals surface area contributed by atoms with Crippen molar-refractivity contribution < 1.29 is 4.79 Å². The van der Waals surface area contributed by atoms with E-state index in [0.717, 1.165) is 31.6 Å². The maximum absolute atomic E-state index is 12.5. The third kappa shape index (κ3) is 6.44. The summed E-state index contributed by atoms with van der Waals surface area (Å²) < 4.78 is 0. The summed E-state index contributed by atoms with van der Waals surface area (Å²) in [5, 5.41) is 15.2. The maximum Gasteiger partial charge on any atom is 0.326 e. The normalized spacial score (nSPS) is 14.2. The van der Waals surface area contributed by atoms with E-state index in [-0.39, 0.29) is 17.5 Å². The van der Waals surface area contributed by atoms with Gasteiger partial charge in [-0.2, -0.15) is 4.98 Å². The number of nitrogens with two attached hydrogens (primary N) is 1. The van der Waals surface area contributed by atoms with Crippen molar-refractivity contribution in [3.63, 3.8) is 0 Å². The molecule has 0 bridgehead atoms. The molecule has 1 aliphatic heterocycles. The van der Waals surface area contributed by atoms with Crippen molar-refractivity contribution in [3.8, 4) is 0 Å². The Kier molecular flexibility index (Phi) is 7.44. The lowest BCUT2D eigenvalue weighted by atomic mass is 10.2. The van der Waals surface area contributed by atoms with Crippen LogP contribution in [0.3, 0.4) is 0 Å². The molecule has 2 amide bonds. The minimum Gasteiger partial charge on any atom is -0.370 e. The number of guanidine groups is 1. The summed E-state index contributed by atoms with van der Waals surface area (Å²) >= 11 is 0. The van der Waals surface area contributed by atoms with E-state index in [4.69, 9.17) is 11.1 Å². The van der Waals surface area contributed by atoms with Gasteiger partial charge in [0, 0.05) is 44.6 Å². The Hall–Kier alpha value is -3.60. The molecule has 1 aliphatic rings. The van der Waals surface area contributed by atoms with Gasteiger partial charge < -0.3 is 26.3 Å². The number of anilines is 3. The number of aromatic nitrogens is 2. The van der Waals surface area contributed by atoms with Gasteiger partial charge in [-0.1, -0.05) is 18.2 Å². The van der Waals surface area contributed by atoms with Crippen molar-refractivity contribution in [2.45, 2.75) is 13.3 Å². The first kappa shape index (κ1) is 22.1. The van der Waals surface area contributed by atoms with Crippen LogP contribution in [0.1, 0.15) is 12.0 Å². The predicted octanol–water partition coefficient (Wildman–Crippen LogP) is 0.717. The molecule has 0 radical (unpaired) electrons. The smallest absolute Gasteiger partial charge is 0.326 e. The molecule has 11 nitrogen and oxygen atoms in total. The zero-order valence-corrected chi connectivity index (χ0v) is 17.6. The van der Waals surface area contributed by atoms with Gasteiger partial charge in [0.2, 0.25) is 5.95 Å². The van der Waals surface area contributed by atoms with E-state index in [9.17, 15) is 9.59 Å². The molecule has 1 fully saturated rings. The third-order valence-electron chi connectivity index (χ3n) is 5.08. The Morgan fingerprint density at radius 1 is 1.23 bits per heavy atom. The lowest BCUT2D eigenvalue weighted by molar-refractivity contribution is 0.255. The molecule has 1 aromatic carbocycles. The Morgan fingerprint density at radius 2 is 1.97 bits per heavy atom.